The number of hydrogen-bond donors (Lipinski definition) is 4. The summed E-state index contributed by atoms with van der Waals surface area (Å²) >= 11 is 0. The lowest BCUT2D eigenvalue weighted by Crippen LogP contribution is -2.24. The standard InChI is InChI=1S/C10H26N4O3P/c11-7-3-1-5-9(13)16-18(15)17-10(14)6-2-4-8-12/h9-10H,1-8,11-14H2/q+1. The Kier molecular flexibility index (Phi) is 11.8. The quantitative estimate of drug-likeness (QED) is 0.232. The van der Waals surface area contributed by atoms with Crippen LogP contribution in [0.4, 0.5) is 0 Å². The molecule has 8 heteroatoms. The van der Waals surface area contributed by atoms with Crippen LogP contribution < -0.4 is 22.9 Å². The first-order valence-electron chi connectivity index (χ1n) is 6.32. The van der Waals surface area contributed by atoms with E-state index in [-0.39, 0.29) is 0 Å². The van der Waals surface area contributed by atoms with Gasteiger partial charge in [-0.2, -0.15) is 0 Å². The van der Waals surface area contributed by atoms with Gasteiger partial charge in [0.2, 0.25) is 0 Å². The third-order valence-electron chi connectivity index (χ3n) is 2.33. The van der Waals surface area contributed by atoms with E-state index in [0.29, 0.717) is 25.9 Å². The predicted molar refractivity (Wildman–Crippen MR) is 71.5 cm³/mol. The van der Waals surface area contributed by atoms with Gasteiger partial charge in [-0.25, -0.2) is 0 Å². The Morgan fingerprint density at radius 1 is 0.833 bits per heavy atom. The third kappa shape index (κ3) is 11.0. The van der Waals surface area contributed by atoms with Crippen molar-refractivity contribution in [2.45, 2.75) is 51.0 Å². The van der Waals surface area contributed by atoms with Crippen LogP contribution in [0, 0.1) is 0 Å². The molecule has 0 aromatic rings. The summed E-state index contributed by atoms with van der Waals surface area (Å²) in [5.74, 6) is 0. The lowest BCUT2D eigenvalue weighted by atomic mass is 10.2. The van der Waals surface area contributed by atoms with Crippen LogP contribution in [-0.4, -0.2) is 25.5 Å². The van der Waals surface area contributed by atoms with Crippen LogP contribution in [0.3, 0.4) is 0 Å². The molecule has 0 bridgehead atoms. The van der Waals surface area contributed by atoms with E-state index >= 15 is 0 Å². The fraction of sp³-hybridized carbons (Fsp3) is 1.00. The maximum atomic E-state index is 11.4. The SMILES string of the molecule is NCCCCC(N)O[P+](=O)OC(N)CCCCN. The van der Waals surface area contributed by atoms with Gasteiger partial charge in [-0.3, -0.25) is 0 Å². The molecule has 2 atom stereocenters. The molecule has 0 aromatic heterocycles. The Morgan fingerprint density at radius 2 is 1.22 bits per heavy atom. The molecule has 0 spiro atoms. The number of nitrogens with two attached hydrogens (primary N) is 4. The second-order valence-electron chi connectivity index (χ2n) is 4.08. The highest BCUT2D eigenvalue weighted by Gasteiger charge is 2.28. The molecule has 0 aliphatic carbocycles. The normalized spacial score (nSPS) is 15.4. The fourth-order valence-electron chi connectivity index (χ4n) is 1.33. The zero-order valence-electron chi connectivity index (χ0n) is 10.8. The maximum absolute atomic E-state index is 11.4. The Bertz CT molecular complexity index is 201. The monoisotopic (exact) mass is 281 g/mol. The van der Waals surface area contributed by atoms with E-state index in [1.54, 1.807) is 0 Å². The molecule has 8 N–H and O–H groups in total. The van der Waals surface area contributed by atoms with E-state index in [1.807, 2.05) is 0 Å². The van der Waals surface area contributed by atoms with Crippen molar-refractivity contribution in [3.8, 4) is 0 Å². The molecule has 0 saturated carbocycles. The molecule has 7 nitrogen and oxygen atoms in total. The zero-order chi connectivity index (χ0) is 13.8. The lowest BCUT2D eigenvalue weighted by molar-refractivity contribution is 0.123. The topological polar surface area (TPSA) is 140 Å². The molecule has 0 amide bonds. The van der Waals surface area contributed by atoms with Gasteiger partial charge in [-0.05, 0) is 51.6 Å². The number of hydrogen-bond acceptors (Lipinski definition) is 7. The molecule has 0 aliphatic rings. The zero-order valence-corrected chi connectivity index (χ0v) is 11.7. The van der Waals surface area contributed by atoms with Crippen LogP contribution in [0.2, 0.25) is 0 Å². The summed E-state index contributed by atoms with van der Waals surface area (Å²) in [6.45, 7) is 1.22. The second kappa shape index (κ2) is 11.9. The molecule has 18 heavy (non-hydrogen) atoms. The molecular formula is C10H26N4O3P+. The lowest BCUT2D eigenvalue weighted by Gasteiger charge is -2.06. The first-order chi connectivity index (χ1) is 8.60. The maximum Gasteiger partial charge on any atom is 0.700 e. The molecule has 108 valence electrons. The Hall–Kier alpha value is -0.140. The molecule has 0 aliphatic heterocycles. The minimum atomic E-state index is -2.26. The molecule has 2 unspecified atom stereocenters. The highest BCUT2D eigenvalue weighted by atomic mass is 31.1. The van der Waals surface area contributed by atoms with Crippen LogP contribution in [0.15, 0.2) is 0 Å². The minimum Gasteiger partial charge on any atom is -0.330 e. The van der Waals surface area contributed by atoms with E-state index < -0.39 is 20.7 Å². The van der Waals surface area contributed by atoms with Gasteiger partial charge < -0.3 is 22.9 Å². The van der Waals surface area contributed by atoms with Crippen molar-refractivity contribution in [1.82, 2.24) is 0 Å². The molecule has 0 rings (SSSR count). The summed E-state index contributed by atoms with van der Waals surface area (Å²) in [7, 11) is -2.26. The van der Waals surface area contributed by atoms with E-state index in [0.717, 1.165) is 25.7 Å². The van der Waals surface area contributed by atoms with Gasteiger partial charge in [0, 0.05) is 4.57 Å². The van der Waals surface area contributed by atoms with Gasteiger partial charge in [0.15, 0.2) is 12.5 Å². The van der Waals surface area contributed by atoms with Crippen LogP contribution >= 0.6 is 8.25 Å². The molecule has 0 radical (unpaired) electrons. The van der Waals surface area contributed by atoms with Crippen molar-refractivity contribution < 1.29 is 13.6 Å². The van der Waals surface area contributed by atoms with Gasteiger partial charge in [0.1, 0.15) is 0 Å². The Balaban J connectivity index is 3.61. The number of unbranched alkanes of at least 4 members (excludes halogenated alkanes) is 2. The second-order valence-corrected chi connectivity index (χ2v) is 4.95. The summed E-state index contributed by atoms with van der Waals surface area (Å²) in [4.78, 5) is 0. The van der Waals surface area contributed by atoms with Gasteiger partial charge >= 0.3 is 8.25 Å². The van der Waals surface area contributed by atoms with Crippen molar-refractivity contribution in [2.24, 2.45) is 22.9 Å². The van der Waals surface area contributed by atoms with Crippen molar-refractivity contribution in [1.29, 1.82) is 0 Å². The largest absolute Gasteiger partial charge is 0.700 e. The summed E-state index contributed by atoms with van der Waals surface area (Å²) in [5.41, 5.74) is 22.0. The number of rotatable bonds is 12. The van der Waals surface area contributed by atoms with Crippen molar-refractivity contribution in [2.75, 3.05) is 13.1 Å². The molecule has 0 saturated heterocycles. The molecule has 0 fully saturated rings. The van der Waals surface area contributed by atoms with Crippen LogP contribution in [0.5, 0.6) is 0 Å². The van der Waals surface area contributed by atoms with Crippen molar-refractivity contribution >= 4 is 8.25 Å². The average Bonchev–Trinajstić information content (AvgIpc) is 2.29. The van der Waals surface area contributed by atoms with E-state index in [2.05, 4.69) is 0 Å². The van der Waals surface area contributed by atoms with Gasteiger partial charge in [0.05, 0.1) is 0 Å². The highest BCUT2D eigenvalue weighted by Crippen LogP contribution is 2.28. The first-order valence-corrected chi connectivity index (χ1v) is 7.41. The highest BCUT2D eigenvalue weighted by molar-refractivity contribution is 7.33. The minimum absolute atomic E-state index is 0.601. The van der Waals surface area contributed by atoms with Gasteiger partial charge in [-0.1, -0.05) is 0 Å². The van der Waals surface area contributed by atoms with Gasteiger partial charge in [0.25, 0.3) is 0 Å². The van der Waals surface area contributed by atoms with E-state index in [9.17, 15) is 4.57 Å². The predicted octanol–water partition coefficient (Wildman–Crippen LogP) is 0.505. The third-order valence-corrected chi connectivity index (χ3v) is 3.21. The average molecular weight is 281 g/mol. The van der Waals surface area contributed by atoms with Crippen molar-refractivity contribution in [3.63, 3.8) is 0 Å². The molecule has 0 aromatic carbocycles. The molecule has 0 heterocycles. The Morgan fingerprint density at radius 3 is 1.56 bits per heavy atom. The summed E-state index contributed by atoms with van der Waals surface area (Å²) < 4.78 is 21.4. The smallest absolute Gasteiger partial charge is 0.330 e. The molecular weight excluding hydrogens is 255 g/mol. The van der Waals surface area contributed by atoms with Crippen LogP contribution in [0.25, 0.3) is 0 Å². The summed E-state index contributed by atoms with van der Waals surface area (Å²) in [6.07, 6.45) is 3.41. The van der Waals surface area contributed by atoms with Crippen molar-refractivity contribution in [3.05, 3.63) is 0 Å². The summed E-state index contributed by atoms with van der Waals surface area (Å²) in [5, 5.41) is 0. The van der Waals surface area contributed by atoms with Crippen LogP contribution in [-0.2, 0) is 13.6 Å². The van der Waals surface area contributed by atoms with E-state index in [1.165, 1.54) is 0 Å². The Labute approximate surface area is 109 Å². The summed E-state index contributed by atoms with van der Waals surface area (Å²) in [6, 6.07) is 0. The van der Waals surface area contributed by atoms with E-state index in [4.69, 9.17) is 32.0 Å². The fourth-order valence-corrected chi connectivity index (χ4v) is 2.03. The first kappa shape index (κ1) is 17.9. The van der Waals surface area contributed by atoms with Crippen LogP contribution in [0.1, 0.15) is 38.5 Å². The van der Waals surface area contributed by atoms with Gasteiger partial charge in [-0.15, -0.1) is 9.05 Å².